The fourth-order valence-corrected chi connectivity index (χ4v) is 5.93. The highest BCUT2D eigenvalue weighted by Gasteiger charge is 2.26. The SMILES string of the molecule is O=C(NC(CN1CCOCC1)c1ccccc1)c1ccc(S(=O)(=O)N2CCCCCC2)cc1. The van der Waals surface area contributed by atoms with E-state index in [1.165, 1.54) is 0 Å². The summed E-state index contributed by atoms with van der Waals surface area (Å²) in [6, 6.07) is 16.1. The Morgan fingerprint density at radius 3 is 2.15 bits per heavy atom. The van der Waals surface area contributed by atoms with Crippen LogP contribution in [0.15, 0.2) is 59.5 Å². The Hall–Kier alpha value is -2.26. The second kappa shape index (κ2) is 11.2. The van der Waals surface area contributed by atoms with Crippen molar-refractivity contribution in [2.24, 2.45) is 0 Å². The predicted molar refractivity (Wildman–Crippen MR) is 128 cm³/mol. The standard InChI is InChI=1S/C25H33N3O4S/c29-25(26-24(21-8-4-3-5-9-21)20-27-16-18-32-19-17-27)22-10-12-23(13-11-22)33(30,31)28-14-6-1-2-7-15-28/h3-5,8-13,24H,1-2,6-7,14-20H2,(H,26,29). The zero-order valence-corrected chi connectivity index (χ0v) is 19.8. The number of ether oxygens (including phenoxy) is 1. The highest BCUT2D eigenvalue weighted by Crippen LogP contribution is 2.21. The van der Waals surface area contributed by atoms with E-state index in [1.54, 1.807) is 28.6 Å². The van der Waals surface area contributed by atoms with Gasteiger partial charge in [-0.25, -0.2) is 8.42 Å². The molecule has 8 heteroatoms. The van der Waals surface area contributed by atoms with Crippen molar-refractivity contribution in [3.8, 4) is 0 Å². The van der Waals surface area contributed by atoms with Crippen molar-refractivity contribution >= 4 is 15.9 Å². The monoisotopic (exact) mass is 471 g/mol. The summed E-state index contributed by atoms with van der Waals surface area (Å²) in [6.45, 7) is 4.88. The number of morpholine rings is 1. The highest BCUT2D eigenvalue weighted by molar-refractivity contribution is 7.89. The third-order valence-electron chi connectivity index (χ3n) is 6.37. The van der Waals surface area contributed by atoms with E-state index in [4.69, 9.17) is 4.74 Å². The van der Waals surface area contributed by atoms with Crippen LogP contribution in [0.25, 0.3) is 0 Å². The Morgan fingerprint density at radius 2 is 1.52 bits per heavy atom. The topological polar surface area (TPSA) is 79.0 Å². The molecule has 0 bridgehead atoms. The molecule has 4 rings (SSSR count). The summed E-state index contributed by atoms with van der Waals surface area (Å²) in [6.07, 6.45) is 3.92. The van der Waals surface area contributed by atoms with Crippen molar-refractivity contribution in [1.29, 1.82) is 0 Å². The molecule has 33 heavy (non-hydrogen) atoms. The lowest BCUT2D eigenvalue weighted by atomic mass is 10.1. The third-order valence-corrected chi connectivity index (χ3v) is 8.28. The lowest BCUT2D eigenvalue weighted by molar-refractivity contribution is 0.0332. The van der Waals surface area contributed by atoms with Crippen LogP contribution < -0.4 is 5.32 Å². The molecule has 1 unspecified atom stereocenters. The Bertz CT molecular complexity index is 998. The molecule has 2 aromatic rings. The number of hydrogen-bond acceptors (Lipinski definition) is 5. The molecule has 1 amide bonds. The highest BCUT2D eigenvalue weighted by atomic mass is 32.2. The van der Waals surface area contributed by atoms with E-state index in [0.717, 1.165) is 44.3 Å². The van der Waals surface area contributed by atoms with E-state index in [2.05, 4.69) is 10.2 Å². The van der Waals surface area contributed by atoms with Gasteiger partial charge < -0.3 is 10.1 Å². The summed E-state index contributed by atoms with van der Waals surface area (Å²) in [5.41, 5.74) is 1.49. The van der Waals surface area contributed by atoms with Crippen molar-refractivity contribution in [3.63, 3.8) is 0 Å². The van der Waals surface area contributed by atoms with Gasteiger partial charge in [0.15, 0.2) is 0 Å². The first-order valence-corrected chi connectivity index (χ1v) is 13.2. The molecule has 2 saturated heterocycles. The normalized spacial score (nSPS) is 19.5. The number of hydrogen-bond donors (Lipinski definition) is 1. The van der Waals surface area contributed by atoms with Gasteiger partial charge in [-0.2, -0.15) is 4.31 Å². The molecule has 0 radical (unpaired) electrons. The molecule has 2 fully saturated rings. The van der Waals surface area contributed by atoms with Crippen LogP contribution in [-0.2, 0) is 14.8 Å². The van der Waals surface area contributed by atoms with Gasteiger partial charge in [-0.05, 0) is 42.7 Å². The second-order valence-corrected chi connectivity index (χ2v) is 10.6. The smallest absolute Gasteiger partial charge is 0.251 e. The maximum atomic E-state index is 13.1. The first kappa shape index (κ1) is 23.9. The Morgan fingerprint density at radius 1 is 0.879 bits per heavy atom. The number of benzene rings is 2. The van der Waals surface area contributed by atoms with E-state index in [1.807, 2.05) is 30.3 Å². The van der Waals surface area contributed by atoms with E-state index in [-0.39, 0.29) is 16.8 Å². The van der Waals surface area contributed by atoms with Gasteiger partial charge >= 0.3 is 0 Å². The Balaban J connectivity index is 1.46. The maximum Gasteiger partial charge on any atom is 0.251 e. The van der Waals surface area contributed by atoms with Crippen LogP contribution in [0, 0.1) is 0 Å². The molecule has 1 N–H and O–H groups in total. The van der Waals surface area contributed by atoms with Crippen LogP contribution in [0.2, 0.25) is 0 Å². The molecule has 1 atom stereocenters. The molecule has 0 spiro atoms. The first-order valence-electron chi connectivity index (χ1n) is 11.8. The van der Waals surface area contributed by atoms with Crippen molar-refractivity contribution < 1.29 is 17.9 Å². The zero-order valence-electron chi connectivity index (χ0n) is 19.0. The minimum Gasteiger partial charge on any atom is -0.379 e. The number of nitrogens with zero attached hydrogens (tertiary/aromatic N) is 2. The molecule has 2 aliphatic rings. The summed E-state index contributed by atoms with van der Waals surface area (Å²) in [7, 11) is -3.53. The van der Waals surface area contributed by atoms with Crippen LogP contribution >= 0.6 is 0 Å². The molecule has 0 aliphatic carbocycles. The van der Waals surface area contributed by atoms with E-state index >= 15 is 0 Å². The molecule has 0 aromatic heterocycles. The zero-order chi connectivity index (χ0) is 23.1. The molecule has 7 nitrogen and oxygen atoms in total. The minimum absolute atomic E-state index is 0.169. The number of rotatable bonds is 7. The lowest BCUT2D eigenvalue weighted by Crippen LogP contribution is -2.43. The Kier molecular flexibility index (Phi) is 8.14. The third kappa shape index (κ3) is 6.20. The van der Waals surface area contributed by atoms with Gasteiger partial charge in [0, 0.05) is 38.3 Å². The fourth-order valence-electron chi connectivity index (χ4n) is 4.41. The summed E-state index contributed by atoms with van der Waals surface area (Å²) in [4.78, 5) is 15.6. The number of carbonyl (C=O) groups is 1. The van der Waals surface area contributed by atoms with Gasteiger partial charge in [0.2, 0.25) is 10.0 Å². The quantitative estimate of drug-likeness (QED) is 0.672. The number of sulfonamides is 1. The molecular formula is C25H33N3O4S. The largest absolute Gasteiger partial charge is 0.379 e. The molecule has 2 heterocycles. The molecule has 178 valence electrons. The number of nitrogens with one attached hydrogen (secondary N) is 1. The van der Waals surface area contributed by atoms with Gasteiger partial charge in [-0.1, -0.05) is 43.2 Å². The van der Waals surface area contributed by atoms with Crippen molar-refractivity contribution in [1.82, 2.24) is 14.5 Å². The number of carbonyl (C=O) groups excluding carboxylic acids is 1. The summed E-state index contributed by atoms with van der Waals surface area (Å²) < 4.78 is 33.0. The van der Waals surface area contributed by atoms with Gasteiger partial charge in [0.05, 0.1) is 24.2 Å². The van der Waals surface area contributed by atoms with Crippen molar-refractivity contribution in [2.75, 3.05) is 45.9 Å². The van der Waals surface area contributed by atoms with E-state index in [9.17, 15) is 13.2 Å². The van der Waals surface area contributed by atoms with Crippen LogP contribution in [0.4, 0.5) is 0 Å². The average molecular weight is 472 g/mol. The average Bonchev–Trinajstić information content (AvgIpc) is 3.15. The van der Waals surface area contributed by atoms with Gasteiger partial charge in [0.1, 0.15) is 0 Å². The van der Waals surface area contributed by atoms with Crippen molar-refractivity contribution in [3.05, 3.63) is 65.7 Å². The molecular weight excluding hydrogens is 438 g/mol. The second-order valence-electron chi connectivity index (χ2n) is 8.69. The lowest BCUT2D eigenvalue weighted by Gasteiger charge is -2.31. The summed E-state index contributed by atoms with van der Waals surface area (Å²) >= 11 is 0. The molecule has 2 aliphatic heterocycles. The van der Waals surface area contributed by atoms with Crippen LogP contribution in [0.1, 0.15) is 47.6 Å². The first-order chi connectivity index (χ1) is 16.0. The summed E-state index contributed by atoms with van der Waals surface area (Å²) in [5.74, 6) is -0.212. The summed E-state index contributed by atoms with van der Waals surface area (Å²) in [5, 5.41) is 3.15. The van der Waals surface area contributed by atoms with E-state index < -0.39 is 10.0 Å². The molecule has 0 saturated carbocycles. The van der Waals surface area contributed by atoms with Crippen LogP contribution in [0.3, 0.4) is 0 Å². The molecule has 2 aromatic carbocycles. The van der Waals surface area contributed by atoms with Gasteiger partial charge in [-0.3, -0.25) is 9.69 Å². The van der Waals surface area contributed by atoms with Crippen LogP contribution in [-0.4, -0.2) is 69.5 Å². The number of amides is 1. The van der Waals surface area contributed by atoms with E-state index in [0.29, 0.717) is 38.4 Å². The van der Waals surface area contributed by atoms with Crippen molar-refractivity contribution in [2.45, 2.75) is 36.6 Å². The van der Waals surface area contributed by atoms with Gasteiger partial charge in [0.25, 0.3) is 5.91 Å². The fraction of sp³-hybridized carbons (Fsp3) is 0.480. The van der Waals surface area contributed by atoms with Gasteiger partial charge in [-0.15, -0.1) is 0 Å². The van der Waals surface area contributed by atoms with Crippen LogP contribution in [0.5, 0.6) is 0 Å². The predicted octanol–water partition coefficient (Wildman–Crippen LogP) is 3.05. The maximum absolute atomic E-state index is 13.1. The Labute approximate surface area is 196 Å². The minimum atomic E-state index is -3.53.